The lowest BCUT2D eigenvalue weighted by molar-refractivity contribution is 0.383. The van der Waals surface area contributed by atoms with Crippen LogP contribution in [0.25, 0.3) is 0 Å². The number of hydrogen-bond donors (Lipinski definition) is 0. The molecule has 0 aliphatic carbocycles. The highest BCUT2D eigenvalue weighted by molar-refractivity contribution is 8.28. The molecule has 0 aliphatic heterocycles. The van der Waals surface area contributed by atoms with Crippen LogP contribution in [0.15, 0.2) is 0 Å². The van der Waals surface area contributed by atoms with Gasteiger partial charge in [0, 0.05) is 5.88 Å². The first-order chi connectivity index (χ1) is 4.66. The normalized spacial score (nSPS) is 14.0. The van der Waals surface area contributed by atoms with Crippen LogP contribution in [0.4, 0.5) is 0 Å². The smallest absolute Gasteiger partial charge is 0.0484 e. The molecule has 1 unspecified atom stereocenters. The molecule has 0 heterocycles. The van der Waals surface area contributed by atoms with Crippen LogP contribution in [0, 0.1) is 0 Å². The zero-order chi connectivity index (χ0) is 7.98. The largest absolute Gasteiger partial charge is 0.297 e. The van der Waals surface area contributed by atoms with Crippen molar-refractivity contribution in [1.82, 2.24) is 4.90 Å². The summed E-state index contributed by atoms with van der Waals surface area (Å²) in [5.41, 5.74) is 0. The molecule has 0 spiro atoms. The zero-order valence-electron chi connectivity index (χ0n) is 7.09. The van der Waals surface area contributed by atoms with Crippen LogP contribution in [0.3, 0.4) is 0 Å². The minimum Gasteiger partial charge on any atom is -0.297 e. The van der Waals surface area contributed by atoms with E-state index in [1.165, 1.54) is 19.4 Å². The Morgan fingerprint density at radius 1 is 1.50 bits per heavy atom. The highest BCUT2D eigenvalue weighted by atomic mass is 32.8. The molecular formula is C7H17NS2. The average molecular weight is 179 g/mol. The van der Waals surface area contributed by atoms with Crippen LogP contribution in [0.1, 0.15) is 19.8 Å². The van der Waals surface area contributed by atoms with Crippen molar-refractivity contribution in [3.8, 4) is 0 Å². The van der Waals surface area contributed by atoms with E-state index in [9.17, 15) is 0 Å². The van der Waals surface area contributed by atoms with E-state index in [0.29, 0.717) is 0 Å². The lowest BCUT2D eigenvalue weighted by Crippen LogP contribution is -2.22. The van der Waals surface area contributed by atoms with Gasteiger partial charge in [-0.25, -0.2) is 0 Å². The summed E-state index contributed by atoms with van der Waals surface area (Å²) in [6, 6.07) is 0. The Hall–Kier alpha value is 0.530. The van der Waals surface area contributed by atoms with E-state index in [1.807, 2.05) is 0 Å². The number of unbranched alkanes of at least 4 members (excludes halogenated alkanes) is 1. The maximum absolute atomic E-state index is 5.09. The van der Waals surface area contributed by atoms with E-state index in [2.05, 4.69) is 25.1 Å². The summed E-state index contributed by atoms with van der Waals surface area (Å²) in [7, 11) is 2.30. The van der Waals surface area contributed by atoms with Crippen molar-refractivity contribution in [1.29, 1.82) is 0 Å². The zero-order valence-corrected chi connectivity index (χ0v) is 8.73. The summed E-state index contributed by atoms with van der Waals surface area (Å²) in [6.07, 6.45) is 4.68. The fourth-order valence-electron chi connectivity index (χ4n) is 0.803. The van der Waals surface area contributed by atoms with Crippen molar-refractivity contribution >= 4 is 20.6 Å². The third-order valence-electron chi connectivity index (χ3n) is 1.30. The van der Waals surface area contributed by atoms with Crippen LogP contribution in [0.2, 0.25) is 0 Å². The quantitative estimate of drug-likeness (QED) is 0.627. The second-order valence-corrected chi connectivity index (χ2v) is 5.75. The first kappa shape index (κ1) is 10.5. The Bertz CT molecular complexity index is 104. The Labute approximate surface area is 71.4 Å². The average Bonchev–Trinajstić information content (AvgIpc) is 1.82. The minimum atomic E-state index is 0.160. The third kappa shape index (κ3) is 6.65. The van der Waals surface area contributed by atoms with Gasteiger partial charge in [0.15, 0.2) is 0 Å². The molecule has 1 nitrogen and oxygen atoms in total. The maximum Gasteiger partial charge on any atom is 0.0484 e. The van der Waals surface area contributed by atoms with E-state index in [-0.39, 0.29) is 9.45 Å². The van der Waals surface area contributed by atoms with Gasteiger partial charge in [0.2, 0.25) is 0 Å². The van der Waals surface area contributed by atoms with Gasteiger partial charge in [0.05, 0.1) is 0 Å². The van der Waals surface area contributed by atoms with Crippen molar-refractivity contribution in [2.24, 2.45) is 0 Å². The molecule has 0 saturated heterocycles. The van der Waals surface area contributed by atoms with Gasteiger partial charge >= 0.3 is 0 Å². The van der Waals surface area contributed by atoms with Gasteiger partial charge in [-0.05, 0) is 26.3 Å². The van der Waals surface area contributed by atoms with Crippen LogP contribution in [0.5, 0.6) is 0 Å². The summed E-state index contributed by atoms with van der Waals surface area (Å²) in [5.74, 6) is 1.08. The SMILES string of the molecule is CCCCN(C)CS(C)=S. The third-order valence-corrected chi connectivity index (χ3v) is 2.42. The number of hydrogen-bond acceptors (Lipinski definition) is 2. The first-order valence-corrected chi connectivity index (χ1v) is 6.38. The molecule has 0 amide bonds. The van der Waals surface area contributed by atoms with E-state index in [1.54, 1.807) is 0 Å². The lowest BCUT2D eigenvalue weighted by atomic mass is 10.3. The molecule has 0 aromatic heterocycles. The highest BCUT2D eigenvalue weighted by Crippen LogP contribution is 1.91. The summed E-state index contributed by atoms with van der Waals surface area (Å²) < 4.78 is 0. The van der Waals surface area contributed by atoms with Crippen LogP contribution < -0.4 is 0 Å². The summed E-state index contributed by atoms with van der Waals surface area (Å²) in [5, 5.41) is 0. The van der Waals surface area contributed by atoms with Crippen LogP contribution in [-0.4, -0.2) is 30.6 Å². The van der Waals surface area contributed by atoms with E-state index in [0.717, 1.165) is 5.88 Å². The predicted molar refractivity (Wildman–Crippen MR) is 53.1 cm³/mol. The highest BCUT2D eigenvalue weighted by Gasteiger charge is 1.95. The van der Waals surface area contributed by atoms with Crippen molar-refractivity contribution in [2.45, 2.75) is 19.8 Å². The molecule has 1 atom stereocenters. The van der Waals surface area contributed by atoms with Crippen molar-refractivity contribution < 1.29 is 0 Å². The fourth-order valence-corrected chi connectivity index (χ4v) is 2.09. The van der Waals surface area contributed by atoms with Crippen molar-refractivity contribution in [2.75, 3.05) is 25.7 Å². The molecule has 0 fully saturated rings. The predicted octanol–water partition coefficient (Wildman–Crippen LogP) is 1.39. The molecule has 62 valence electrons. The van der Waals surface area contributed by atoms with E-state index >= 15 is 0 Å². The second-order valence-electron chi connectivity index (χ2n) is 2.64. The van der Waals surface area contributed by atoms with Gasteiger partial charge in [0.1, 0.15) is 0 Å². The van der Waals surface area contributed by atoms with Gasteiger partial charge in [-0.3, -0.25) is 4.90 Å². The molecule has 0 saturated carbocycles. The first-order valence-electron chi connectivity index (χ1n) is 3.65. The number of rotatable bonds is 5. The van der Waals surface area contributed by atoms with Crippen LogP contribution in [-0.2, 0) is 20.6 Å². The Morgan fingerprint density at radius 2 is 2.10 bits per heavy atom. The standard InChI is InChI=1S/C7H17NS2/c1-4-5-6-8(2)7-10(3)9/h4-7H2,1-3H3. The summed E-state index contributed by atoms with van der Waals surface area (Å²) in [6.45, 7) is 3.41. The monoisotopic (exact) mass is 179 g/mol. The lowest BCUT2D eigenvalue weighted by Gasteiger charge is -2.14. The Kier molecular flexibility index (Phi) is 6.59. The molecule has 10 heavy (non-hydrogen) atoms. The fraction of sp³-hybridized carbons (Fsp3) is 1.00. The molecule has 0 aromatic carbocycles. The van der Waals surface area contributed by atoms with Gasteiger partial charge in [-0.2, -0.15) is 0 Å². The molecule has 0 N–H and O–H groups in total. The van der Waals surface area contributed by atoms with E-state index < -0.39 is 0 Å². The van der Waals surface area contributed by atoms with Gasteiger partial charge in [-0.15, -0.1) is 9.45 Å². The van der Waals surface area contributed by atoms with Crippen LogP contribution >= 0.6 is 0 Å². The molecule has 0 rings (SSSR count). The van der Waals surface area contributed by atoms with E-state index in [4.69, 9.17) is 11.2 Å². The molecule has 0 bridgehead atoms. The Balaban J connectivity index is 3.25. The van der Waals surface area contributed by atoms with Gasteiger partial charge < -0.3 is 0 Å². The molecule has 0 aromatic rings. The Morgan fingerprint density at radius 3 is 2.50 bits per heavy atom. The molecule has 0 radical (unpaired) electrons. The molecule has 3 heteroatoms. The second kappa shape index (κ2) is 6.25. The summed E-state index contributed by atoms with van der Waals surface area (Å²) >= 11 is 5.09. The van der Waals surface area contributed by atoms with Gasteiger partial charge in [0.25, 0.3) is 0 Å². The topological polar surface area (TPSA) is 3.24 Å². The summed E-state index contributed by atoms with van der Waals surface area (Å²) in [4.78, 5) is 2.32. The minimum absolute atomic E-state index is 0.160. The van der Waals surface area contributed by atoms with Crippen molar-refractivity contribution in [3.05, 3.63) is 0 Å². The number of nitrogens with zero attached hydrogens (tertiary/aromatic N) is 1. The van der Waals surface area contributed by atoms with Gasteiger partial charge in [-0.1, -0.05) is 24.5 Å². The maximum atomic E-state index is 5.09. The molecule has 0 aliphatic rings. The molecular weight excluding hydrogens is 162 g/mol. The van der Waals surface area contributed by atoms with Crippen molar-refractivity contribution in [3.63, 3.8) is 0 Å².